The molecule has 9 heavy (non-hydrogen) atoms. The van der Waals surface area contributed by atoms with Gasteiger partial charge in [0.15, 0.2) is 0 Å². The minimum absolute atomic E-state index is 0.307. The molecule has 2 nitrogen and oxygen atoms in total. The Morgan fingerprint density at radius 1 is 1.56 bits per heavy atom. The third kappa shape index (κ3) is 1.70. The zero-order valence-electron chi connectivity index (χ0n) is 7.26. The van der Waals surface area contributed by atoms with Crippen LogP contribution in [0.1, 0.15) is 34.8 Å². The van der Waals surface area contributed by atoms with Crippen LogP contribution in [0.4, 0.5) is 0 Å². The molecule has 1 aliphatic rings. The molecule has 0 heterocycles. The Hall–Kier alpha value is -0.530. The Labute approximate surface area is 57.7 Å². The highest BCUT2D eigenvalue weighted by molar-refractivity contribution is 5.69. The van der Waals surface area contributed by atoms with Crippen LogP contribution in [-0.4, -0.2) is 11.1 Å². The first-order valence-electron chi connectivity index (χ1n) is 4.24. The summed E-state index contributed by atoms with van der Waals surface area (Å²) in [6, 6.07) is 0. The quantitative estimate of drug-likeness (QED) is 0.586. The lowest BCUT2D eigenvalue weighted by Crippen LogP contribution is -2.16. The fourth-order valence-corrected chi connectivity index (χ4v) is 1.07. The molecule has 1 saturated carbocycles. The van der Waals surface area contributed by atoms with Gasteiger partial charge in [-0.25, -0.2) is 0 Å². The van der Waals surface area contributed by atoms with Gasteiger partial charge >= 0.3 is 5.97 Å². The number of hydrogen-bond donors (Lipinski definition) is 1. The van der Waals surface area contributed by atoms with E-state index < -0.39 is 12.3 Å². The first-order chi connectivity index (χ1) is 5.01. The van der Waals surface area contributed by atoms with E-state index in [-0.39, 0.29) is 5.92 Å². The molecule has 0 spiro atoms. The fraction of sp³-hybridized carbons (Fsp3) is 0.857. The number of aliphatic carboxylic acids is 1. The first kappa shape index (κ1) is 4.31. The van der Waals surface area contributed by atoms with Crippen molar-refractivity contribution in [1.29, 1.82) is 0 Å². The van der Waals surface area contributed by atoms with Crippen LogP contribution in [0, 0.1) is 5.92 Å². The van der Waals surface area contributed by atoms with Gasteiger partial charge in [-0.2, -0.15) is 0 Å². The molecule has 1 aliphatic carbocycles. The van der Waals surface area contributed by atoms with E-state index in [0.717, 1.165) is 0 Å². The van der Waals surface area contributed by atoms with Crippen LogP contribution in [0.2, 0.25) is 0 Å². The summed E-state index contributed by atoms with van der Waals surface area (Å²) in [5, 5.41) is 8.59. The standard InChI is InChI=1S/C7H12O2/c8-7(9)6-4-2-1-3-5-6/h6H,1-5H2,(H,8,9)/i1D2. The van der Waals surface area contributed by atoms with Crippen LogP contribution in [0.15, 0.2) is 0 Å². The number of carbonyl (C=O) groups is 1. The van der Waals surface area contributed by atoms with Crippen LogP contribution in [-0.2, 0) is 4.79 Å². The Morgan fingerprint density at radius 2 is 2.11 bits per heavy atom. The van der Waals surface area contributed by atoms with Crippen LogP contribution < -0.4 is 0 Å². The predicted octanol–water partition coefficient (Wildman–Crippen LogP) is 1.65. The maximum atomic E-state index is 10.4. The predicted molar refractivity (Wildman–Crippen MR) is 34.2 cm³/mol. The van der Waals surface area contributed by atoms with Gasteiger partial charge in [0.05, 0.1) is 5.92 Å². The van der Waals surface area contributed by atoms with Crippen molar-refractivity contribution >= 4 is 5.97 Å². The monoisotopic (exact) mass is 130 g/mol. The summed E-state index contributed by atoms with van der Waals surface area (Å²) in [5.41, 5.74) is 0. The Morgan fingerprint density at radius 3 is 2.56 bits per heavy atom. The lowest BCUT2D eigenvalue weighted by atomic mass is 9.90. The molecule has 0 aromatic rings. The van der Waals surface area contributed by atoms with E-state index in [9.17, 15) is 4.79 Å². The van der Waals surface area contributed by atoms with Crippen LogP contribution in [0.25, 0.3) is 0 Å². The molecule has 0 radical (unpaired) electrons. The maximum absolute atomic E-state index is 10.4. The molecule has 0 amide bonds. The molecule has 2 heteroatoms. The van der Waals surface area contributed by atoms with Gasteiger partial charge < -0.3 is 5.11 Å². The Balaban J connectivity index is 2.42. The average Bonchev–Trinajstić information content (AvgIpc) is 1.86. The molecule has 0 aliphatic heterocycles. The number of hydrogen-bond acceptors (Lipinski definition) is 1. The smallest absolute Gasteiger partial charge is 0.306 e. The molecule has 1 rings (SSSR count). The number of carboxylic acid groups (broad SMARTS) is 1. The lowest BCUT2D eigenvalue weighted by molar-refractivity contribution is -0.142. The summed E-state index contributed by atoms with van der Waals surface area (Å²) in [7, 11) is 0. The second-order valence-corrected chi connectivity index (χ2v) is 2.36. The van der Waals surface area contributed by atoms with Crippen molar-refractivity contribution in [2.24, 2.45) is 5.92 Å². The minimum atomic E-state index is -1.12. The summed E-state index contributed by atoms with van der Waals surface area (Å²) >= 11 is 0. The highest BCUT2D eigenvalue weighted by Crippen LogP contribution is 2.23. The van der Waals surface area contributed by atoms with Gasteiger partial charge in [-0.15, -0.1) is 0 Å². The van der Waals surface area contributed by atoms with Crippen molar-refractivity contribution in [1.82, 2.24) is 0 Å². The van der Waals surface area contributed by atoms with Gasteiger partial charge in [0.2, 0.25) is 0 Å². The zero-order chi connectivity index (χ0) is 8.48. The van der Waals surface area contributed by atoms with Gasteiger partial charge in [0, 0.05) is 2.74 Å². The van der Waals surface area contributed by atoms with Crippen molar-refractivity contribution in [2.75, 3.05) is 0 Å². The van der Waals surface area contributed by atoms with E-state index in [2.05, 4.69) is 0 Å². The van der Waals surface area contributed by atoms with Crippen LogP contribution >= 0.6 is 0 Å². The molecule has 0 aromatic carbocycles. The van der Waals surface area contributed by atoms with Crippen molar-refractivity contribution in [3.8, 4) is 0 Å². The summed E-state index contributed by atoms with van der Waals surface area (Å²) in [6.45, 7) is 0. The lowest BCUT2D eigenvalue weighted by Gasteiger charge is -2.16. The molecule has 52 valence electrons. The molecule has 0 aromatic heterocycles. The number of carboxylic acids is 1. The minimum Gasteiger partial charge on any atom is -0.481 e. The topological polar surface area (TPSA) is 37.3 Å². The average molecular weight is 130 g/mol. The molecule has 1 fully saturated rings. The summed E-state index contributed by atoms with van der Waals surface area (Å²) < 4.78 is 14.7. The zero-order valence-corrected chi connectivity index (χ0v) is 5.26. The van der Waals surface area contributed by atoms with Crippen molar-refractivity contribution in [3.63, 3.8) is 0 Å². The van der Waals surface area contributed by atoms with E-state index in [1.54, 1.807) is 0 Å². The molecule has 0 unspecified atom stereocenters. The van der Waals surface area contributed by atoms with E-state index in [1.165, 1.54) is 0 Å². The highest BCUT2D eigenvalue weighted by atomic mass is 16.4. The molecular weight excluding hydrogens is 116 g/mol. The van der Waals surface area contributed by atoms with Crippen molar-refractivity contribution in [3.05, 3.63) is 0 Å². The molecule has 0 saturated heterocycles. The highest BCUT2D eigenvalue weighted by Gasteiger charge is 2.19. The second kappa shape index (κ2) is 2.85. The van der Waals surface area contributed by atoms with Crippen LogP contribution in [0.3, 0.4) is 0 Å². The van der Waals surface area contributed by atoms with Crippen molar-refractivity contribution in [2.45, 2.75) is 32.1 Å². The van der Waals surface area contributed by atoms with Crippen molar-refractivity contribution < 1.29 is 12.6 Å². The Bertz CT molecular complexity index is 158. The van der Waals surface area contributed by atoms with Gasteiger partial charge in [-0.05, 0) is 12.8 Å². The van der Waals surface area contributed by atoms with Crippen LogP contribution in [0.5, 0.6) is 0 Å². The van der Waals surface area contributed by atoms with Gasteiger partial charge in [0.1, 0.15) is 0 Å². The largest absolute Gasteiger partial charge is 0.481 e. The molecular formula is C7H12O2. The number of rotatable bonds is 1. The summed E-state index contributed by atoms with van der Waals surface area (Å²) in [6.07, 6.45) is 0.643. The third-order valence-corrected chi connectivity index (χ3v) is 1.69. The van der Waals surface area contributed by atoms with E-state index in [0.29, 0.717) is 25.7 Å². The van der Waals surface area contributed by atoms with E-state index in [1.807, 2.05) is 0 Å². The van der Waals surface area contributed by atoms with Gasteiger partial charge in [0.25, 0.3) is 0 Å². The first-order valence-corrected chi connectivity index (χ1v) is 3.24. The van der Waals surface area contributed by atoms with Gasteiger partial charge in [-0.1, -0.05) is 19.2 Å². The van der Waals surface area contributed by atoms with E-state index in [4.69, 9.17) is 7.85 Å². The van der Waals surface area contributed by atoms with Gasteiger partial charge in [-0.3, -0.25) is 4.79 Å². The summed E-state index contributed by atoms with van der Waals surface area (Å²) in [4.78, 5) is 10.4. The Kier molecular flexibility index (Phi) is 1.37. The molecule has 0 bridgehead atoms. The molecule has 0 atom stereocenters. The third-order valence-electron chi connectivity index (χ3n) is 1.69. The summed E-state index contributed by atoms with van der Waals surface area (Å²) in [5.74, 6) is -1.08. The van der Waals surface area contributed by atoms with E-state index >= 15 is 0 Å². The SMILES string of the molecule is [2H]C1([2H])CCC(C(=O)O)CC1. The second-order valence-electron chi connectivity index (χ2n) is 2.36. The normalized spacial score (nSPS) is 30.7. The molecule has 1 N–H and O–H groups in total. The fourth-order valence-electron chi connectivity index (χ4n) is 1.07. The maximum Gasteiger partial charge on any atom is 0.306 e.